The maximum absolute atomic E-state index is 13.0. The average Bonchev–Trinajstić information content (AvgIpc) is 2.99. The number of carbonyl (C=O) groups is 2. The van der Waals surface area contributed by atoms with E-state index >= 15 is 0 Å². The van der Waals surface area contributed by atoms with Gasteiger partial charge in [0.1, 0.15) is 19.0 Å². The van der Waals surface area contributed by atoms with Crippen molar-refractivity contribution in [3.8, 4) is 0 Å². The van der Waals surface area contributed by atoms with Gasteiger partial charge in [0.25, 0.3) is 0 Å². The fraction of sp³-hybridized carbons (Fsp3) is 0.739. The number of aliphatic hydroxyl groups is 2. The first-order chi connectivity index (χ1) is 14.1. The molecule has 0 heterocycles. The van der Waals surface area contributed by atoms with Crippen molar-refractivity contribution in [3.63, 3.8) is 0 Å². The maximum Gasteiger partial charge on any atom is 0.190 e. The molecule has 4 rings (SSSR count). The third kappa shape index (κ3) is 2.84. The molecule has 30 heavy (non-hydrogen) atoms. The Bertz CT molecular complexity index is 821. The van der Waals surface area contributed by atoms with Crippen LogP contribution in [0.1, 0.15) is 46.0 Å². The zero-order chi connectivity index (χ0) is 21.9. The topological polar surface area (TPSA) is 93.1 Å². The number of Topliss-reactive ketones (excluding diaryl/α,β-unsaturated/α-hetero) is 1. The number of carbonyl (C=O) groups excluding carboxylic acids is 2. The lowest BCUT2D eigenvalue weighted by Gasteiger charge is -2.59. The van der Waals surface area contributed by atoms with E-state index in [0.29, 0.717) is 30.7 Å². The third-order valence-electron chi connectivity index (χ3n) is 8.64. The molecule has 2 N–H and O–H groups in total. The summed E-state index contributed by atoms with van der Waals surface area (Å²) in [4.78, 5) is 25.0. The molecule has 4 aliphatic carbocycles. The van der Waals surface area contributed by atoms with Crippen molar-refractivity contribution >= 4 is 23.2 Å². The summed E-state index contributed by atoms with van der Waals surface area (Å²) in [5.41, 5.74) is -1.42. The van der Waals surface area contributed by atoms with Crippen molar-refractivity contribution in [3.05, 3.63) is 22.8 Å². The highest BCUT2D eigenvalue weighted by Crippen LogP contribution is 2.68. The Labute approximate surface area is 182 Å². The highest BCUT2D eigenvalue weighted by atomic mass is 35.5. The summed E-state index contributed by atoms with van der Waals surface area (Å²) in [5.74, 6) is -0.357. The molecule has 0 radical (unpaired) electrons. The van der Waals surface area contributed by atoms with Crippen LogP contribution in [0, 0.1) is 28.6 Å². The summed E-state index contributed by atoms with van der Waals surface area (Å²) >= 11 is 6.69. The number of methoxy groups -OCH3 is 1. The number of halogens is 1. The van der Waals surface area contributed by atoms with E-state index in [1.165, 1.54) is 7.11 Å². The Balaban J connectivity index is 1.81. The molecule has 0 aromatic heterocycles. The van der Waals surface area contributed by atoms with Crippen molar-refractivity contribution in [2.45, 2.75) is 57.7 Å². The van der Waals surface area contributed by atoms with Crippen LogP contribution in [0.3, 0.4) is 0 Å². The quantitative estimate of drug-likeness (QED) is 0.641. The van der Waals surface area contributed by atoms with Crippen molar-refractivity contribution < 1.29 is 29.3 Å². The largest absolute Gasteiger partial charge is 0.393 e. The monoisotopic (exact) mass is 438 g/mol. The van der Waals surface area contributed by atoms with Gasteiger partial charge in [-0.25, -0.2) is 0 Å². The van der Waals surface area contributed by atoms with E-state index in [4.69, 9.17) is 21.1 Å². The van der Waals surface area contributed by atoms with Crippen LogP contribution in [0.15, 0.2) is 22.8 Å². The van der Waals surface area contributed by atoms with Gasteiger partial charge in [0.2, 0.25) is 0 Å². The molecule has 0 bridgehead atoms. The van der Waals surface area contributed by atoms with Gasteiger partial charge in [-0.1, -0.05) is 31.5 Å². The second-order valence-corrected chi connectivity index (χ2v) is 10.3. The molecule has 7 atom stereocenters. The van der Waals surface area contributed by atoms with Gasteiger partial charge in [-0.15, -0.1) is 0 Å². The summed E-state index contributed by atoms with van der Waals surface area (Å²) < 4.78 is 11.1. The number of allylic oxidation sites excluding steroid dienone is 4. The van der Waals surface area contributed by atoms with E-state index in [0.717, 1.165) is 12.0 Å². The molecule has 4 aliphatic rings. The second kappa shape index (κ2) is 7.52. The summed E-state index contributed by atoms with van der Waals surface area (Å²) in [6.45, 7) is 3.43. The fourth-order valence-electron chi connectivity index (χ4n) is 7.26. The minimum atomic E-state index is -1.20. The fourth-order valence-corrected chi connectivity index (χ4v) is 7.67. The predicted octanol–water partition coefficient (Wildman–Crippen LogP) is 2.75. The number of ketones is 2. The van der Waals surface area contributed by atoms with Gasteiger partial charge >= 0.3 is 0 Å². The van der Waals surface area contributed by atoms with E-state index in [9.17, 15) is 19.8 Å². The number of hydrogen-bond donors (Lipinski definition) is 2. The normalized spacial score (nSPS) is 45.2. The Morgan fingerprint density at radius 3 is 2.73 bits per heavy atom. The molecule has 2 fully saturated rings. The van der Waals surface area contributed by atoms with Crippen LogP contribution < -0.4 is 0 Å². The van der Waals surface area contributed by atoms with Crippen LogP contribution in [0.5, 0.6) is 0 Å². The van der Waals surface area contributed by atoms with Gasteiger partial charge in [-0.05, 0) is 49.2 Å². The molecule has 7 heteroatoms. The van der Waals surface area contributed by atoms with E-state index in [2.05, 4.69) is 6.92 Å². The van der Waals surface area contributed by atoms with E-state index < -0.39 is 23.7 Å². The van der Waals surface area contributed by atoms with Crippen molar-refractivity contribution in [1.82, 2.24) is 0 Å². The predicted molar refractivity (Wildman–Crippen MR) is 111 cm³/mol. The van der Waals surface area contributed by atoms with E-state index in [1.54, 1.807) is 6.08 Å². The van der Waals surface area contributed by atoms with E-state index in [1.807, 2.05) is 13.0 Å². The lowest BCUT2D eigenvalue weighted by atomic mass is 9.47. The first-order valence-corrected chi connectivity index (χ1v) is 11.1. The summed E-state index contributed by atoms with van der Waals surface area (Å²) in [6, 6.07) is 0. The summed E-state index contributed by atoms with van der Waals surface area (Å²) in [7, 11) is 1.50. The number of aliphatic hydroxyl groups excluding tert-OH is 2. The minimum absolute atomic E-state index is 0.0406. The SMILES string of the molecule is COCO[C@]1(C(=O)CO)CC[C@H]2[C@@H]3C=C(Cl)C4=CC(=O)CC[C@]4(C)[C@H]3C(O)C[C@@]21C. The molecule has 0 aromatic carbocycles. The molecule has 0 aromatic rings. The maximum atomic E-state index is 13.0. The molecule has 0 spiro atoms. The van der Waals surface area contributed by atoms with Crippen LogP contribution in [0.25, 0.3) is 0 Å². The van der Waals surface area contributed by atoms with E-state index in [-0.39, 0.29) is 41.5 Å². The Hall–Kier alpha value is -1.05. The van der Waals surface area contributed by atoms with Gasteiger partial charge in [-0.3, -0.25) is 9.59 Å². The van der Waals surface area contributed by atoms with Crippen molar-refractivity contribution in [2.24, 2.45) is 28.6 Å². The van der Waals surface area contributed by atoms with Crippen LogP contribution in [-0.4, -0.2) is 54.0 Å². The smallest absolute Gasteiger partial charge is 0.190 e. The molecule has 0 amide bonds. The molecule has 6 nitrogen and oxygen atoms in total. The second-order valence-electron chi connectivity index (χ2n) is 9.85. The first kappa shape index (κ1) is 22.2. The Kier molecular flexibility index (Phi) is 5.55. The molecular weight excluding hydrogens is 408 g/mol. The van der Waals surface area contributed by atoms with Gasteiger partial charge in [0.05, 0.1) is 6.10 Å². The zero-order valence-electron chi connectivity index (χ0n) is 17.8. The Morgan fingerprint density at radius 1 is 1.33 bits per heavy atom. The van der Waals surface area contributed by atoms with Crippen molar-refractivity contribution in [2.75, 3.05) is 20.5 Å². The lowest BCUT2D eigenvalue weighted by Crippen LogP contribution is -2.62. The first-order valence-electron chi connectivity index (χ1n) is 10.7. The molecule has 166 valence electrons. The van der Waals surface area contributed by atoms with Gasteiger partial charge in [0.15, 0.2) is 11.6 Å². The van der Waals surface area contributed by atoms with Crippen LogP contribution in [0.4, 0.5) is 0 Å². The highest BCUT2D eigenvalue weighted by molar-refractivity contribution is 6.32. The minimum Gasteiger partial charge on any atom is -0.393 e. The van der Waals surface area contributed by atoms with Gasteiger partial charge in [0, 0.05) is 35.3 Å². The standard InChI is InChI=1S/C23H31ClO6/c1-21-6-4-13(26)8-16(21)17(24)9-14-15-5-7-23(19(28)11-25,30-12-29-3)22(15,2)10-18(27)20(14)21/h8-9,14-15,18,20,25,27H,4-7,10-12H2,1-3H3/t14-,15-,18?,20+,21-,22-,23-/m0/s1. The number of ether oxygens (including phenoxy) is 2. The summed E-state index contributed by atoms with van der Waals surface area (Å²) in [5, 5.41) is 21.7. The highest BCUT2D eigenvalue weighted by Gasteiger charge is 2.69. The molecule has 0 saturated heterocycles. The molecular formula is C23H31ClO6. The number of rotatable bonds is 5. The zero-order valence-corrected chi connectivity index (χ0v) is 18.6. The number of fused-ring (bicyclic) bond motifs is 5. The molecule has 0 aliphatic heterocycles. The van der Waals surface area contributed by atoms with Crippen LogP contribution in [-0.2, 0) is 19.1 Å². The van der Waals surface area contributed by atoms with Crippen LogP contribution in [0.2, 0.25) is 0 Å². The Morgan fingerprint density at radius 2 is 2.07 bits per heavy atom. The summed E-state index contributed by atoms with van der Waals surface area (Å²) in [6.07, 6.45) is 5.64. The van der Waals surface area contributed by atoms with Crippen molar-refractivity contribution in [1.29, 1.82) is 0 Å². The van der Waals surface area contributed by atoms with Crippen LogP contribution >= 0.6 is 11.6 Å². The number of hydrogen-bond acceptors (Lipinski definition) is 6. The average molecular weight is 439 g/mol. The van der Waals surface area contributed by atoms with Gasteiger partial charge < -0.3 is 19.7 Å². The third-order valence-corrected chi connectivity index (χ3v) is 8.97. The van der Waals surface area contributed by atoms with Gasteiger partial charge in [-0.2, -0.15) is 0 Å². The lowest BCUT2D eigenvalue weighted by molar-refractivity contribution is -0.211. The molecule has 2 saturated carbocycles. The molecule has 1 unspecified atom stereocenters.